The third-order valence-electron chi connectivity index (χ3n) is 3.63. The molecule has 1 aliphatic rings. The standard InChI is InChI=1S/C11H18N4O4S/c1-2-8(5-10(16)17)6-15-11(12-13-14-15)9-3-4-20(18,19)7-9/h8-9H,2-7H2,1H3,(H,16,17). The molecule has 112 valence electrons. The Kier molecular flexibility index (Phi) is 4.36. The second-order valence-electron chi connectivity index (χ2n) is 5.19. The van der Waals surface area contributed by atoms with Crippen molar-refractivity contribution in [2.75, 3.05) is 11.5 Å². The summed E-state index contributed by atoms with van der Waals surface area (Å²) in [5, 5.41) is 20.2. The van der Waals surface area contributed by atoms with Crippen molar-refractivity contribution >= 4 is 15.8 Å². The van der Waals surface area contributed by atoms with Crippen LogP contribution in [0.1, 0.15) is 37.9 Å². The van der Waals surface area contributed by atoms with Crippen LogP contribution in [0.15, 0.2) is 0 Å². The smallest absolute Gasteiger partial charge is 0.303 e. The van der Waals surface area contributed by atoms with Crippen molar-refractivity contribution in [3.8, 4) is 0 Å². The molecule has 8 nitrogen and oxygen atoms in total. The number of aromatic nitrogens is 4. The van der Waals surface area contributed by atoms with E-state index in [0.717, 1.165) is 0 Å². The van der Waals surface area contributed by atoms with Gasteiger partial charge in [0.25, 0.3) is 0 Å². The summed E-state index contributed by atoms with van der Waals surface area (Å²) in [5.74, 6) is -0.310. The zero-order valence-corrected chi connectivity index (χ0v) is 12.1. The Morgan fingerprint density at radius 3 is 2.85 bits per heavy atom. The average molecular weight is 302 g/mol. The number of rotatable bonds is 6. The third kappa shape index (κ3) is 3.53. The molecule has 1 saturated heterocycles. The van der Waals surface area contributed by atoms with Crippen molar-refractivity contribution < 1.29 is 18.3 Å². The predicted octanol–water partition coefficient (Wildman–Crippen LogP) is 0.0761. The molecule has 9 heteroatoms. The molecule has 0 aliphatic carbocycles. The maximum absolute atomic E-state index is 11.5. The molecule has 1 fully saturated rings. The number of hydrogen-bond acceptors (Lipinski definition) is 6. The number of hydrogen-bond donors (Lipinski definition) is 1. The van der Waals surface area contributed by atoms with Crippen molar-refractivity contribution in [2.45, 2.75) is 38.6 Å². The fourth-order valence-corrected chi connectivity index (χ4v) is 4.20. The van der Waals surface area contributed by atoms with Gasteiger partial charge in [0.05, 0.1) is 11.5 Å². The van der Waals surface area contributed by atoms with E-state index in [1.165, 1.54) is 0 Å². The van der Waals surface area contributed by atoms with Crippen LogP contribution in [-0.2, 0) is 21.2 Å². The molecule has 0 saturated carbocycles. The first kappa shape index (κ1) is 14.9. The first-order valence-corrected chi connectivity index (χ1v) is 8.41. The lowest BCUT2D eigenvalue weighted by Gasteiger charge is -2.14. The second-order valence-corrected chi connectivity index (χ2v) is 7.42. The number of carboxylic acids is 1. The Labute approximate surface area is 117 Å². The Morgan fingerprint density at radius 1 is 1.55 bits per heavy atom. The summed E-state index contributed by atoms with van der Waals surface area (Å²) in [6, 6.07) is 0. The van der Waals surface area contributed by atoms with E-state index >= 15 is 0 Å². The lowest BCUT2D eigenvalue weighted by atomic mass is 10.0. The van der Waals surface area contributed by atoms with Gasteiger partial charge in [-0.15, -0.1) is 5.10 Å². The Balaban J connectivity index is 2.10. The first-order chi connectivity index (χ1) is 9.41. The van der Waals surface area contributed by atoms with Gasteiger partial charge in [0, 0.05) is 18.9 Å². The minimum atomic E-state index is -2.99. The summed E-state index contributed by atoms with van der Waals surface area (Å²) < 4.78 is 24.6. The highest BCUT2D eigenvalue weighted by Gasteiger charge is 2.33. The Morgan fingerprint density at radius 2 is 2.30 bits per heavy atom. The molecule has 20 heavy (non-hydrogen) atoms. The molecule has 0 radical (unpaired) electrons. The maximum atomic E-state index is 11.5. The molecule has 1 N–H and O–H groups in total. The molecule has 0 spiro atoms. The van der Waals surface area contributed by atoms with E-state index in [9.17, 15) is 13.2 Å². The van der Waals surface area contributed by atoms with Gasteiger partial charge in [-0.3, -0.25) is 4.79 Å². The van der Waals surface area contributed by atoms with Crippen LogP contribution in [0, 0.1) is 5.92 Å². The van der Waals surface area contributed by atoms with Gasteiger partial charge in [-0.05, 0) is 22.8 Å². The van der Waals surface area contributed by atoms with Crippen LogP contribution >= 0.6 is 0 Å². The molecule has 2 heterocycles. The van der Waals surface area contributed by atoms with Crippen molar-refractivity contribution in [3.05, 3.63) is 5.82 Å². The number of carbonyl (C=O) groups is 1. The van der Waals surface area contributed by atoms with E-state index in [4.69, 9.17) is 5.11 Å². The van der Waals surface area contributed by atoms with E-state index in [-0.39, 0.29) is 29.8 Å². The maximum Gasteiger partial charge on any atom is 0.303 e. The quantitative estimate of drug-likeness (QED) is 0.791. The number of sulfone groups is 1. The molecule has 1 aromatic rings. The highest BCUT2D eigenvalue weighted by molar-refractivity contribution is 7.91. The fourth-order valence-electron chi connectivity index (χ4n) is 2.46. The molecule has 0 aromatic carbocycles. The first-order valence-electron chi connectivity index (χ1n) is 6.59. The summed E-state index contributed by atoms with van der Waals surface area (Å²) in [6.07, 6.45) is 1.28. The summed E-state index contributed by atoms with van der Waals surface area (Å²) >= 11 is 0. The summed E-state index contributed by atoms with van der Waals surface area (Å²) in [6.45, 7) is 2.32. The Hall–Kier alpha value is -1.51. The van der Waals surface area contributed by atoms with E-state index in [0.29, 0.717) is 25.2 Å². The number of nitrogens with zero attached hydrogens (tertiary/aromatic N) is 4. The van der Waals surface area contributed by atoms with Crippen molar-refractivity contribution in [3.63, 3.8) is 0 Å². The van der Waals surface area contributed by atoms with Crippen LogP contribution < -0.4 is 0 Å². The van der Waals surface area contributed by atoms with Gasteiger partial charge in [-0.25, -0.2) is 13.1 Å². The molecule has 1 aromatic heterocycles. The zero-order valence-electron chi connectivity index (χ0n) is 11.3. The van der Waals surface area contributed by atoms with Crippen molar-refractivity contribution in [1.29, 1.82) is 0 Å². The van der Waals surface area contributed by atoms with Gasteiger partial charge in [-0.2, -0.15) is 0 Å². The van der Waals surface area contributed by atoms with Crippen LogP contribution in [0.3, 0.4) is 0 Å². The van der Waals surface area contributed by atoms with Crippen LogP contribution in [-0.4, -0.2) is 51.2 Å². The normalized spacial score (nSPS) is 22.8. The van der Waals surface area contributed by atoms with Gasteiger partial charge >= 0.3 is 5.97 Å². The van der Waals surface area contributed by atoms with Gasteiger partial charge in [0.2, 0.25) is 0 Å². The zero-order chi connectivity index (χ0) is 14.8. The minimum absolute atomic E-state index is 0.0543. The lowest BCUT2D eigenvalue weighted by Crippen LogP contribution is -2.19. The van der Waals surface area contributed by atoms with E-state index < -0.39 is 15.8 Å². The largest absolute Gasteiger partial charge is 0.481 e. The SMILES string of the molecule is CCC(CC(=O)O)Cn1nnnc1C1CCS(=O)(=O)C1. The summed E-state index contributed by atoms with van der Waals surface area (Å²) in [7, 11) is -2.99. The molecule has 1 aliphatic heterocycles. The highest BCUT2D eigenvalue weighted by atomic mass is 32.2. The Bertz CT molecular complexity index is 583. The summed E-state index contributed by atoms with van der Waals surface area (Å²) in [5.41, 5.74) is 0. The van der Waals surface area contributed by atoms with Gasteiger partial charge in [-0.1, -0.05) is 13.3 Å². The van der Waals surface area contributed by atoms with Crippen LogP contribution in [0.4, 0.5) is 0 Å². The summed E-state index contributed by atoms with van der Waals surface area (Å²) in [4.78, 5) is 10.8. The number of carboxylic acid groups (broad SMARTS) is 1. The predicted molar refractivity (Wildman–Crippen MR) is 69.9 cm³/mol. The molecule has 2 rings (SSSR count). The lowest BCUT2D eigenvalue weighted by molar-refractivity contribution is -0.138. The molecule has 2 unspecified atom stereocenters. The van der Waals surface area contributed by atoms with Gasteiger partial charge in [0.15, 0.2) is 15.7 Å². The molecular formula is C11H18N4O4S. The van der Waals surface area contributed by atoms with Crippen LogP contribution in [0.5, 0.6) is 0 Å². The topological polar surface area (TPSA) is 115 Å². The van der Waals surface area contributed by atoms with E-state index in [1.54, 1.807) is 4.68 Å². The van der Waals surface area contributed by atoms with E-state index in [2.05, 4.69) is 15.5 Å². The molecule has 0 bridgehead atoms. The van der Waals surface area contributed by atoms with Crippen LogP contribution in [0.25, 0.3) is 0 Å². The van der Waals surface area contributed by atoms with E-state index in [1.807, 2.05) is 6.92 Å². The van der Waals surface area contributed by atoms with Gasteiger partial charge < -0.3 is 5.11 Å². The molecule has 0 amide bonds. The molecular weight excluding hydrogens is 284 g/mol. The van der Waals surface area contributed by atoms with Crippen LogP contribution in [0.2, 0.25) is 0 Å². The highest BCUT2D eigenvalue weighted by Crippen LogP contribution is 2.27. The second kappa shape index (κ2) is 5.86. The van der Waals surface area contributed by atoms with Gasteiger partial charge in [0.1, 0.15) is 0 Å². The monoisotopic (exact) mass is 302 g/mol. The third-order valence-corrected chi connectivity index (χ3v) is 5.40. The average Bonchev–Trinajstić information content (AvgIpc) is 2.94. The molecule has 2 atom stereocenters. The number of aliphatic carboxylic acids is 1. The number of tetrazole rings is 1. The fraction of sp³-hybridized carbons (Fsp3) is 0.818. The minimum Gasteiger partial charge on any atom is -0.481 e. The van der Waals surface area contributed by atoms with Crippen molar-refractivity contribution in [1.82, 2.24) is 20.2 Å². The van der Waals surface area contributed by atoms with Crippen molar-refractivity contribution in [2.24, 2.45) is 5.92 Å².